The lowest BCUT2D eigenvalue weighted by molar-refractivity contribution is -0.571. The number of nitrogens with zero attached hydrogens (tertiary/aromatic N) is 6. The number of fused-ring (bicyclic) bond motifs is 10. The van der Waals surface area contributed by atoms with E-state index in [0.717, 1.165) is 89.2 Å². The fourth-order valence-corrected chi connectivity index (χ4v) is 10.3. The number of pyridine rings is 2. The van der Waals surface area contributed by atoms with E-state index in [1.54, 1.807) is 6.20 Å². The zero-order valence-corrected chi connectivity index (χ0v) is 36.7. The molecule has 0 aliphatic carbocycles. The van der Waals surface area contributed by atoms with Gasteiger partial charge in [0, 0.05) is 49.8 Å². The highest BCUT2D eigenvalue weighted by atomic mass is 16.5. The number of aromatic nitrogens is 6. The summed E-state index contributed by atoms with van der Waals surface area (Å²) in [6.07, 6.45) is 5.70. The van der Waals surface area contributed by atoms with Gasteiger partial charge in [-0.1, -0.05) is 115 Å². The molecule has 14 rings (SSSR count). The van der Waals surface area contributed by atoms with Crippen LogP contribution >= 0.6 is 0 Å². The van der Waals surface area contributed by atoms with E-state index in [1.807, 2.05) is 55.5 Å². The van der Waals surface area contributed by atoms with Crippen molar-refractivity contribution in [3.05, 3.63) is 224 Å². The van der Waals surface area contributed by atoms with Crippen LogP contribution in [0, 0.1) is 13.3 Å². The van der Waals surface area contributed by atoms with Crippen molar-refractivity contribution in [1.82, 2.24) is 23.7 Å². The predicted octanol–water partition coefficient (Wildman–Crippen LogP) is 14.4. The van der Waals surface area contributed by atoms with E-state index in [-0.39, 0.29) is 0 Å². The molecule has 0 aliphatic rings. The molecule has 0 radical (unpaired) electrons. The maximum atomic E-state index is 6.83. The van der Waals surface area contributed by atoms with Crippen LogP contribution in [0.3, 0.4) is 0 Å². The molecule has 0 bridgehead atoms. The minimum absolute atomic E-state index is 0.584. The molecule has 0 saturated carbocycles. The number of benzene rings is 8. The third-order valence-electron chi connectivity index (χ3n) is 13.2. The van der Waals surface area contributed by atoms with Gasteiger partial charge < -0.3 is 18.3 Å². The predicted molar refractivity (Wildman–Crippen MR) is 272 cm³/mol. The minimum Gasteiger partial charge on any atom is -0.458 e. The standard InChI is InChI=1S/C60H38N6O2/c1-38-31-32-46-47-35-41(36-48(49-22-12-13-33-61-49)59(47)68-60(46)62-38)67-40-17-14-16-39(34-40)63-37-64(55-28-11-10-27-54(55)63)58-56(65-50-23-6-2-18-42(50)43-19-3-7-24-51(43)65)29-15-30-57(58)66-52-25-8-4-20-44(52)45-21-5-9-26-53(45)66/h2-36H,1H3. The van der Waals surface area contributed by atoms with Crippen molar-refractivity contribution in [2.75, 3.05) is 0 Å². The van der Waals surface area contributed by atoms with E-state index < -0.39 is 0 Å². The Morgan fingerprint density at radius 2 is 1.09 bits per heavy atom. The first-order valence-electron chi connectivity index (χ1n) is 22.7. The number of aryl methyl sites for hydroxylation is 1. The summed E-state index contributed by atoms with van der Waals surface area (Å²) in [6.45, 7) is 1.97. The molecule has 8 nitrogen and oxygen atoms in total. The van der Waals surface area contributed by atoms with Gasteiger partial charge in [0.05, 0.1) is 55.9 Å². The highest BCUT2D eigenvalue weighted by Gasteiger charge is 2.25. The van der Waals surface area contributed by atoms with Crippen molar-refractivity contribution in [3.8, 4) is 45.5 Å². The number of rotatable bonds is 7. The molecule has 0 amide bonds. The van der Waals surface area contributed by atoms with Crippen molar-refractivity contribution in [2.24, 2.45) is 0 Å². The van der Waals surface area contributed by atoms with E-state index in [2.05, 4.69) is 182 Å². The van der Waals surface area contributed by atoms with Gasteiger partial charge >= 0.3 is 0 Å². The van der Waals surface area contributed by atoms with E-state index in [0.29, 0.717) is 17.2 Å². The van der Waals surface area contributed by atoms with Gasteiger partial charge in [0.15, 0.2) is 0 Å². The molecule has 0 unspecified atom stereocenters. The Bertz CT molecular complexity index is 4090. The van der Waals surface area contributed by atoms with Crippen molar-refractivity contribution in [2.45, 2.75) is 6.92 Å². The summed E-state index contributed by atoms with van der Waals surface area (Å²) in [5, 5.41) is 6.62. The Hall–Kier alpha value is -9.27. The van der Waals surface area contributed by atoms with Gasteiger partial charge in [-0.25, -0.2) is 4.98 Å². The fourth-order valence-electron chi connectivity index (χ4n) is 10.3. The fraction of sp³-hybridized carbons (Fsp3) is 0.0167. The van der Waals surface area contributed by atoms with Gasteiger partial charge in [-0.3, -0.25) is 14.1 Å². The number of ether oxygens (including phenoxy) is 1. The summed E-state index contributed by atoms with van der Waals surface area (Å²) < 4.78 is 22.4. The highest BCUT2D eigenvalue weighted by molar-refractivity contribution is 6.12. The Balaban J connectivity index is 0.988. The first-order chi connectivity index (χ1) is 33.6. The van der Waals surface area contributed by atoms with Gasteiger partial charge in [0.1, 0.15) is 22.8 Å². The summed E-state index contributed by atoms with van der Waals surface area (Å²) in [5.41, 5.74) is 14.2. The lowest BCUT2D eigenvalue weighted by atomic mass is 10.1. The maximum absolute atomic E-state index is 6.83. The molecule has 8 aromatic carbocycles. The van der Waals surface area contributed by atoms with Crippen LogP contribution in [0.5, 0.6) is 11.5 Å². The second-order valence-electron chi connectivity index (χ2n) is 17.2. The van der Waals surface area contributed by atoms with Gasteiger partial charge in [-0.05, 0) is 97.9 Å². The molecule has 0 aliphatic heterocycles. The van der Waals surface area contributed by atoms with Gasteiger partial charge in [-0.15, -0.1) is 0 Å². The van der Waals surface area contributed by atoms with Crippen molar-refractivity contribution in [3.63, 3.8) is 0 Å². The molecule has 6 heterocycles. The molecule has 0 saturated heterocycles. The Morgan fingerprint density at radius 3 is 1.72 bits per heavy atom. The Morgan fingerprint density at radius 1 is 0.500 bits per heavy atom. The van der Waals surface area contributed by atoms with Crippen LogP contribution in [-0.2, 0) is 0 Å². The van der Waals surface area contributed by atoms with E-state index in [9.17, 15) is 0 Å². The van der Waals surface area contributed by atoms with Crippen LogP contribution in [0.2, 0.25) is 0 Å². The van der Waals surface area contributed by atoms with E-state index >= 15 is 0 Å². The summed E-state index contributed by atoms with van der Waals surface area (Å²) >= 11 is 0. The van der Waals surface area contributed by atoms with Crippen LogP contribution < -0.4 is 9.30 Å². The largest absolute Gasteiger partial charge is 0.458 e. The Kier molecular flexibility index (Phi) is 8.33. The molecule has 6 aromatic heterocycles. The van der Waals surface area contributed by atoms with Crippen molar-refractivity contribution >= 4 is 76.7 Å². The SMILES string of the molecule is Cc1ccc2c(n1)oc1c(-c3ccccn3)cc(Oc3cccc(-n4[c-][n+](-c5c(-n6c7ccccc7c7ccccc76)cccc5-n5c6ccccc6c6ccccc65)c5ccccc54)c3)cc12. The molecule has 0 atom stereocenters. The average molecular weight is 875 g/mol. The first-order valence-corrected chi connectivity index (χ1v) is 22.7. The molecule has 0 fully saturated rings. The molecule has 320 valence electrons. The molecule has 68 heavy (non-hydrogen) atoms. The van der Waals surface area contributed by atoms with Crippen molar-refractivity contribution in [1.29, 1.82) is 0 Å². The summed E-state index contributed by atoms with van der Waals surface area (Å²) in [7, 11) is 0. The van der Waals surface area contributed by atoms with Crippen LogP contribution in [0.1, 0.15) is 5.69 Å². The number of hydrogen-bond acceptors (Lipinski definition) is 4. The smallest absolute Gasteiger partial charge is 0.269 e. The minimum atomic E-state index is 0.584. The van der Waals surface area contributed by atoms with Gasteiger partial charge in [0.25, 0.3) is 6.33 Å². The average Bonchev–Trinajstić information content (AvgIpc) is 4.14. The monoisotopic (exact) mass is 874 g/mol. The third-order valence-corrected chi connectivity index (χ3v) is 13.2. The lowest BCUT2D eigenvalue weighted by Crippen LogP contribution is -2.33. The summed E-state index contributed by atoms with van der Waals surface area (Å²) in [4.78, 5) is 9.41. The molecule has 0 spiro atoms. The summed E-state index contributed by atoms with van der Waals surface area (Å²) in [5.74, 6) is 1.33. The van der Waals surface area contributed by atoms with E-state index in [4.69, 9.17) is 19.1 Å². The lowest BCUT2D eigenvalue weighted by Gasteiger charge is -2.20. The number of hydrogen-bond donors (Lipinski definition) is 0. The van der Waals surface area contributed by atoms with Crippen molar-refractivity contribution < 1.29 is 13.7 Å². The first kappa shape index (κ1) is 38.0. The summed E-state index contributed by atoms with van der Waals surface area (Å²) in [6, 6.07) is 72.1. The molecular weight excluding hydrogens is 837 g/mol. The second-order valence-corrected chi connectivity index (χ2v) is 17.2. The number of furan rings is 1. The van der Waals surface area contributed by atoms with E-state index in [1.165, 1.54) is 21.5 Å². The van der Waals surface area contributed by atoms with Crippen LogP contribution in [0.4, 0.5) is 0 Å². The maximum Gasteiger partial charge on any atom is 0.269 e. The van der Waals surface area contributed by atoms with Gasteiger partial charge in [0.2, 0.25) is 5.71 Å². The molecule has 0 N–H and O–H groups in total. The van der Waals surface area contributed by atoms with Crippen LogP contribution in [0.15, 0.2) is 217 Å². The molecule has 8 heteroatoms. The number of para-hydroxylation sites is 7. The zero-order chi connectivity index (χ0) is 44.9. The highest BCUT2D eigenvalue weighted by Crippen LogP contribution is 2.41. The van der Waals surface area contributed by atoms with Gasteiger partial charge in [-0.2, -0.15) is 0 Å². The number of imidazole rings is 1. The quantitative estimate of drug-likeness (QED) is 0.118. The Labute approximate surface area is 389 Å². The molecule has 14 aromatic rings. The zero-order valence-electron chi connectivity index (χ0n) is 36.7. The van der Waals surface area contributed by atoms with Crippen LogP contribution in [0.25, 0.3) is 111 Å². The molecular formula is C60H38N6O2. The topological polar surface area (TPSA) is 66.8 Å². The normalized spacial score (nSPS) is 11.9. The third kappa shape index (κ3) is 5.77. The van der Waals surface area contributed by atoms with Crippen LogP contribution in [-0.4, -0.2) is 23.7 Å². The second kappa shape index (κ2) is 14.9.